The fourth-order valence-corrected chi connectivity index (χ4v) is 5.39. The summed E-state index contributed by atoms with van der Waals surface area (Å²) in [5, 5.41) is 0.151. The van der Waals surface area contributed by atoms with E-state index in [1.54, 1.807) is 23.1 Å². The van der Waals surface area contributed by atoms with E-state index in [0.29, 0.717) is 4.67 Å². The van der Waals surface area contributed by atoms with Crippen molar-refractivity contribution in [3.8, 4) is 0 Å². The van der Waals surface area contributed by atoms with Gasteiger partial charge in [0.05, 0.1) is 10.0 Å². The summed E-state index contributed by atoms with van der Waals surface area (Å²) in [5.41, 5.74) is 0. The number of nitrogens with zero attached hydrogens (tertiary/aromatic N) is 2. The molecule has 0 atom stereocenters. The molecule has 2 heterocycles. The number of rotatable bonds is 3. The maximum absolute atomic E-state index is 12.8. The van der Waals surface area contributed by atoms with Crippen LogP contribution in [0.25, 0.3) is 0 Å². The molecule has 2 aromatic rings. The van der Waals surface area contributed by atoms with E-state index >= 15 is 0 Å². The largest absolute Gasteiger partial charge is 0.444 e. The lowest BCUT2D eigenvalue weighted by Crippen LogP contribution is -2.50. The summed E-state index contributed by atoms with van der Waals surface area (Å²) >= 11 is 15.2. The van der Waals surface area contributed by atoms with Crippen molar-refractivity contribution in [2.24, 2.45) is 0 Å². The Kier molecular flexibility index (Phi) is 5.45. The maximum atomic E-state index is 12.8. The Morgan fingerprint density at radius 2 is 1.64 bits per heavy atom. The number of hydrogen-bond acceptors (Lipinski definition) is 4. The number of carbonyl (C=O) groups excluding carboxylic acids is 1. The quantitative estimate of drug-likeness (QED) is 0.692. The SMILES string of the molecule is O=C(c1ccc(Br)o1)N1CCN(S(=O)(=O)c2c(Cl)cccc2Cl)CC1. The minimum Gasteiger partial charge on any atom is -0.444 e. The third-order valence-corrected chi connectivity index (χ3v) is 7.11. The van der Waals surface area contributed by atoms with Crippen LogP contribution in [0.15, 0.2) is 44.3 Å². The zero-order chi connectivity index (χ0) is 18.2. The number of piperazine rings is 1. The number of furan rings is 1. The number of halogens is 3. The Labute approximate surface area is 163 Å². The maximum Gasteiger partial charge on any atom is 0.289 e. The van der Waals surface area contributed by atoms with E-state index in [1.807, 2.05) is 0 Å². The van der Waals surface area contributed by atoms with E-state index in [9.17, 15) is 13.2 Å². The Balaban J connectivity index is 1.75. The normalized spacial score (nSPS) is 16.2. The summed E-state index contributed by atoms with van der Waals surface area (Å²) in [4.78, 5) is 13.8. The summed E-state index contributed by atoms with van der Waals surface area (Å²) in [6.45, 7) is 0.798. The van der Waals surface area contributed by atoms with Crippen LogP contribution in [-0.2, 0) is 10.0 Å². The molecule has 0 spiro atoms. The number of benzene rings is 1. The minimum absolute atomic E-state index is 0.0754. The Bertz CT molecular complexity index is 888. The van der Waals surface area contributed by atoms with E-state index in [2.05, 4.69) is 15.9 Å². The van der Waals surface area contributed by atoms with Crippen molar-refractivity contribution in [2.45, 2.75) is 4.90 Å². The van der Waals surface area contributed by atoms with Crippen LogP contribution in [-0.4, -0.2) is 49.7 Å². The minimum atomic E-state index is -3.83. The van der Waals surface area contributed by atoms with Crippen LogP contribution >= 0.6 is 39.1 Å². The van der Waals surface area contributed by atoms with Gasteiger partial charge < -0.3 is 9.32 Å². The van der Waals surface area contributed by atoms with Crippen molar-refractivity contribution >= 4 is 55.1 Å². The highest BCUT2D eigenvalue weighted by Gasteiger charge is 2.33. The van der Waals surface area contributed by atoms with Crippen molar-refractivity contribution in [1.29, 1.82) is 0 Å². The summed E-state index contributed by atoms with van der Waals surface area (Å²) < 4.78 is 32.6. The predicted molar refractivity (Wildman–Crippen MR) is 97.5 cm³/mol. The predicted octanol–water partition coefficient (Wildman–Crippen LogP) is 3.50. The molecule has 1 aliphatic rings. The summed E-state index contributed by atoms with van der Waals surface area (Å²) in [7, 11) is -3.83. The van der Waals surface area contributed by atoms with Crippen LogP contribution in [0.1, 0.15) is 10.6 Å². The number of amides is 1. The molecule has 3 rings (SSSR count). The average Bonchev–Trinajstić information content (AvgIpc) is 3.00. The molecular weight excluding hydrogens is 455 g/mol. The lowest BCUT2D eigenvalue weighted by Gasteiger charge is -2.33. The second-order valence-electron chi connectivity index (χ2n) is 5.35. The third-order valence-electron chi connectivity index (χ3n) is 3.83. The molecule has 0 saturated carbocycles. The first-order valence-corrected chi connectivity index (χ1v) is 10.3. The van der Waals surface area contributed by atoms with Crippen LogP contribution in [0.5, 0.6) is 0 Å². The van der Waals surface area contributed by atoms with Crippen molar-refractivity contribution in [2.75, 3.05) is 26.2 Å². The molecule has 25 heavy (non-hydrogen) atoms. The molecular formula is C15H13BrCl2N2O4S. The van der Waals surface area contributed by atoms with Gasteiger partial charge in [-0.3, -0.25) is 4.79 Å². The monoisotopic (exact) mass is 466 g/mol. The van der Waals surface area contributed by atoms with E-state index in [4.69, 9.17) is 27.6 Å². The van der Waals surface area contributed by atoms with Crippen LogP contribution in [0.4, 0.5) is 0 Å². The molecule has 1 fully saturated rings. The van der Waals surface area contributed by atoms with Crippen LogP contribution in [0.3, 0.4) is 0 Å². The highest BCUT2D eigenvalue weighted by molar-refractivity contribution is 9.10. The number of hydrogen-bond donors (Lipinski definition) is 0. The Morgan fingerprint density at radius 1 is 1.04 bits per heavy atom. The fraction of sp³-hybridized carbons (Fsp3) is 0.267. The van der Waals surface area contributed by atoms with Gasteiger partial charge in [0.2, 0.25) is 10.0 Å². The molecule has 1 aromatic heterocycles. The fourth-order valence-electron chi connectivity index (χ4n) is 2.57. The lowest BCUT2D eigenvalue weighted by molar-refractivity contribution is 0.0664. The average molecular weight is 468 g/mol. The van der Waals surface area contributed by atoms with Gasteiger partial charge in [-0.05, 0) is 40.2 Å². The molecule has 0 aliphatic carbocycles. The van der Waals surface area contributed by atoms with Gasteiger partial charge in [-0.2, -0.15) is 4.31 Å². The second-order valence-corrected chi connectivity index (χ2v) is 8.82. The summed E-state index contributed by atoms with van der Waals surface area (Å²) in [6, 6.07) is 7.75. The smallest absolute Gasteiger partial charge is 0.289 e. The molecule has 0 N–H and O–H groups in total. The molecule has 134 valence electrons. The third kappa shape index (κ3) is 3.73. The van der Waals surface area contributed by atoms with Gasteiger partial charge in [-0.1, -0.05) is 29.3 Å². The molecule has 1 amide bonds. The zero-order valence-corrected chi connectivity index (χ0v) is 16.7. The van der Waals surface area contributed by atoms with Crippen LogP contribution < -0.4 is 0 Å². The highest BCUT2D eigenvalue weighted by Crippen LogP contribution is 2.32. The molecule has 1 saturated heterocycles. The first-order chi connectivity index (χ1) is 11.8. The first-order valence-electron chi connectivity index (χ1n) is 7.29. The molecule has 1 aromatic carbocycles. The Hall–Kier alpha value is -1.06. The molecule has 10 heteroatoms. The lowest BCUT2D eigenvalue weighted by atomic mass is 10.3. The van der Waals surface area contributed by atoms with Gasteiger partial charge in [0.1, 0.15) is 4.90 Å². The van der Waals surface area contributed by atoms with Gasteiger partial charge >= 0.3 is 0 Å². The van der Waals surface area contributed by atoms with Gasteiger partial charge in [0.15, 0.2) is 10.4 Å². The van der Waals surface area contributed by atoms with E-state index in [1.165, 1.54) is 16.4 Å². The summed E-state index contributed by atoms with van der Waals surface area (Å²) in [6.07, 6.45) is 0. The van der Waals surface area contributed by atoms with Crippen molar-refractivity contribution < 1.29 is 17.6 Å². The van der Waals surface area contributed by atoms with Gasteiger partial charge in [0.25, 0.3) is 5.91 Å². The molecule has 6 nitrogen and oxygen atoms in total. The van der Waals surface area contributed by atoms with E-state index < -0.39 is 10.0 Å². The Morgan fingerprint density at radius 3 is 2.16 bits per heavy atom. The first kappa shape index (κ1) is 18.7. The zero-order valence-electron chi connectivity index (χ0n) is 12.8. The van der Waals surface area contributed by atoms with Crippen molar-refractivity contribution in [3.05, 3.63) is 50.8 Å². The van der Waals surface area contributed by atoms with Gasteiger partial charge in [0, 0.05) is 26.2 Å². The topological polar surface area (TPSA) is 70.8 Å². The van der Waals surface area contributed by atoms with Crippen molar-refractivity contribution in [3.63, 3.8) is 0 Å². The molecule has 0 unspecified atom stereocenters. The van der Waals surface area contributed by atoms with Gasteiger partial charge in [-0.25, -0.2) is 8.42 Å². The number of sulfonamides is 1. The van der Waals surface area contributed by atoms with Crippen LogP contribution in [0.2, 0.25) is 10.0 Å². The van der Waals surface area contributed by atoms with Gasteiger partial charge in [-0.15, -0.1) is 0 Å². The molecule has 0 bridgehead atoms. The molecule has 1 aliphatic heterocycles. The van der Waals surface area contributed by atoms with E-state index in [-0.39, 0.29) is 52.8 Å². The second kappa shape index (κ2) is 7.28. The standard InChI is InChI=1S/C15H13BrCl2N2O4S/c16-13-5-4-12(24-13)15(21)19-6-8-20(9-7-19)25(22,23)14-10(17)2-1-3-11(14)18/h1-5H,6-9H2. The van der Waals surface area contributed by atoms with Crippen LogP contribution in [0, 0.1) is 0 Å². The number of carbonyl (C=O) groups is 1. The molecule has 0 radical (unpaired) electrons. The summed E-state index contributed by atoms with van der Waals surface area (Å²) in [5.74, 6) is -0.0733. The van der Waals surface area contributed by atoms with Crippen molar-refractivity contribution in [1.82, 2.24) is 9.21 Å². The van der Waals surface area contributed by atoms with E-state index in [0.717, 1.165) is 0 Å². The highest BCUT2D eigenvalue weighted by atomic mass is 79.9.